The van der Waals surface area contributed by atoms with Crippen LogP contribution in [0.1, 0.15) is 5.56 Å². The molecule has 1 aromatic carbocycles. The summed E-state index contributed by atoms with van der Waals surface area (Å²) in [5.74, 6) is 0.852. The monoisotopic (exact) mass is 271 g/mol. The van der Waals surface area contributed by atoms with Gasteiger partial charge in [-0.05, 0) is 36.0 Å². The first-order valence-electron chi connectivity index (χ1n) is 5.93. The number of fused-ring (bicyclic) bond motifs is 1. The van der Waals surface area contributed by atoms with E-state index in [-0.39, 0.29) is 0 Å². The van der Waals surface area contributed by atoms with Gasteiger partial charge in [0.1, 0.15) is 5.75 Å². The fourth-order valence-corrected chi connectivity index (χ4v) is 2.39. The van der Waals surface area contributed by atoms with E-state index in [9.17, 15) is 0 Å². The number of hydrogen-bond acceptors (Lipinski definition) is 3. The lowest BCUT2D eigenvalue weighted by atomic mass is 10.2. The molecule has 96 valence electrons. The van der Waals surface area contributed by atoms with E-state index in [2.05, 4.69) is 20.6 Å². The van der Waals surface area contributed by atoms with Gasteiger partial charge in [0, 0.05) is 6.20 Å². The summed E-state index contributed by atoms with van der Waals surface area (Å²) < 4.78 is 8.00. The first-order chi connectivity index (χ1) is 9.28. The van der Waals surface area contributed by atoms with Gasteiger partial charge >= 0.3 is 0 Å². The number of benzene rings is 1. The highest BCUT2D eigenvalue weighted by Gasteiger charge is 2.05. The molecule has 0 aliphatic rings. The predicted molar refractivity (Wildman–Crippen MR) is 77.0 cm³/mol. The van der Waals surface area contributed by atoms with E-state index < -0.39 is 0 Å². The molecule has 0 fully saturated rings. The Labute approximate surface area is 115 Å². The maximum atomic E-state index is 5.36. The van der Waals surface area contributed by atoms with Crippen molar-refractivity contribution < 1.29 is 4.74 Å². The number of aromatic nitrogens is 3. The Kier molecular flexibility index (Phi) is 3.05. The van der Waals surface area contributed by atoms with Gasteiger partial charge in [-0.2, -0.15) is 0 Å². The van der Waals surface area contributed by atoms with Gasteiger partial charge in [-0.3, -0.25) is 4.98 Å². The molecule has 0 unspecified atom stereocenters. The highest BCUT2D eigenvalue weighted by Crippen LogP contribution is 2.17. The van der Waals surface area contributed by atoms with Crippen LogP contribution in [-0.4, -0.2) is 21.6 Å². The fourth-order valence-electron chi connectivity index (χ4n) is 2.12. The van der Waals surface area contributed by atoms with Crippen LogP contribution in [0.25, 0.3) is 11.0 Å². The van der Waals surface area contributed by atoms with Crippen LogP contribution < -0.4 is 4.74 Å². The quantitative estimate of drug-likeness (QED) is 0.744. The summed E-state index contributed by atoms with van der Waals surface area (Å²) in [5, 5.41) is 0. The minimum Gasteiger partial charge on any atom is -0.497 e. The van der Waals surface area contributed by atoms with Crippen LogP contribution in [0.4, 0.5) is 0 Å². The third kappa shape index (κ3) is 2.24. The van der Waals surface area contributed by atoms with E-state index in [4.69, 9.17) is 17.0 Å². The van der Waals surface area contributed by atoms with Gasteiger partial charge in [-0.15, -0.1) is 0 Å². The number of imidazole rings is 1. The summed E-state index contributed by atoms with van der Waals surface area (Å²) >= 11 is 5.36. The molecule has 0 aliphatic heterocycles. The third-order valence-corrected chi connectivity index (χ3v) is 3.37. The van der Waals surface area contributed by atoms with Crippen molar-refractivity contribution in [1.82, 2.24) is 14.5 Å². The van der Waals surface area contributed by atoms with Crippen molar-refractivity contribution in [3.8, 4) is 5.75 Å². The van der Waals surface area contributed by atoms with Crippen molar-refractivity contribution in [1.29, 1.82) is 0 Å². The summed E-state index contributed by atoms with van der Waals surface area (Å²) in [6.45, 7) is 0.708. The number of nitrogens with zero attached hydrogens (tertiary/aromatic N) is 2. The second-order valence-electron chi connectivity index (χ2n) is 4.26. The molecule has 0 amide bonds. The molecule has 0 saturated carbocycles. The summed E-state index contributed by atoms with van der Waals surface area (Å²) in [7, 11) is 1.67. The number of pyridine rings is 1. The van der Waals surface area contributed by atoms with Crippen LogP contribution in [0.3, 0.4) is 0 Å². The molecule has 0 saturated heterocycles. The second kappa shape index (κ2) is 4.85. The number of methoxy groups -OCH3 is 1. The van der Waals surface area contributed by atoms with Gasteiger partial charge in [-0.25, -0.2) is 0 Å². The first kappa shape index (κ1) is 11.9. The molecule has 3 aromatic rings. The van der Waals surface area contributed by atoms with E-state index in [0.29, 0.717) is 11.3 Å². The molecule has 1 N–H and O–H groups in total. The zero-order valence-corrected chi connectivity index (χ0v) is 11.3. The van der Waals surface area contributed by atoms with Crippen molar-refractivity contribution in [2.75, 3.05) is 7.11 Å². The number of aromatic amines is 1. The molecule has 0 radical (unpaired) electrons. The van der Waals surface area contributed by atoms with Crippen LogP contribution in [0, 0.1) is 4.77 Å². The molecule has 5 heteroatoms. The van der Waals surface area contributed by atoms with Gasteiger partial charge in [-0.1, -0.05) is 12.1 Å². The molecular weight excluding hydrogens is 258 g/mol. The number of ether oxygens (including phenoxy) is 1. The Hall–Kier alpha value is -2.14. The van der Waals surface area contributed by atoms with Crippen molar-refractivity contribution in [3.05, 3.63) is 53.1 Å². The maximum Gasteiger partial charge on any atom is 0.178 e. The summed E-state index contributed by atoms with van der Waals surface area (Å²) in [4.78, 5) is 7.25. The fraction of sp³-hybridized carbons (Fsp3) is 0.143. The highest BCUT2D eigenvalue weighted by atomic mass is 32.1. The van der Waals surface area contributed by atoms with Crippen molar-refractivity contribution >= 4 is 23.3 Å². The zero-order chi connectivity index (χ0) is 13.2. The zero-order valence-electron chi connectivity index (χ0n) is 10.5. The molecule has 2 heterocycles. The Morgan fingerprint density at radius 2 is 2.26 bits per heavy atom. The van der Waals surface area contributed by atoms with E-state index in [0.717, 1.165) is 22.3 Å². The first-order valence-corrected chi connectivity index (χ1v) is 6.34. The van der Waals surface area contributed by atoms with E-state index in [1.807, 2.05) is 24.3 Å². The average molecular weight is 271 g/mol. The van der Waals surface area contributed by atoms with Gasteiger partial charge in [0.05, 0.1) is 30.9 Å². The average Bonchev–Trinajstić information content (AvgIpc) is 2.76. The molecule has 0 spiro atoms. The van der Waals surface area contributed by atoms with Crippen LogP contribution in [0.15, 0.2) is 42.7 Å². The normalized spacial score (nSPS) is 10.8. The van der Waals surface area contributed by atoms with Crippen LogP contribution >= 0.6 is 12.2 Å². The van der Waals surface area contributed by atoms with Crippen molar-refractivity contribution in [3.63, 3.8) is 0 Å². The van der Waals surface area contributed by atoms with Gasteiger partial charge in [0.2, 0.25) is 0 Å². The maximum absolute atomic E-state index is 5.36. The number of H-pyrrole nitrogens is 1. The Morgan fingerprint density at radius 3 is 3.11 bits per heavy atom. The van der Waals surface area contributed by atoms with Crippen LogP contribution in [-0.2, 0) is 6.54 Å². The largest absolute Gasteiger partial charge is 0.497 e. The lowest BCUT2D eigenvalue weighted by Gasteiger charge is -2.06. The topological polar surface area (TPSA) is 42.8 Å². The van der Waals surface area contributed by atoms with Crippen LogP contribution in [0.5, 0.6) is 5.75 Å². The van der Waals surface area contributed by atoms with Gasteiger partial charge < -0.3 is 14.3 Å². The van der Waals surface area contributed by atoms with Crippen molar-refractivity contribution in [2.24, 2.45) is 0 Å². The predicted octanol–water partition coefficient (Wildman–Crippen LogP) is 3.15. The molecule has 0 aliphatic carbocycles. The summed E-state index contributed by atoms with van der Waals surface area (Å²) in [5.41, 5.74) is 3.16. The smallest absolute Gasteiger partial charge is 0.178 e. The molecule has 3 rings (SSSR count). The third-order valence-electron chi connectivity index (χ3n) is 3.05. The number of rotatable bonds is 3. The standard InChI is InChI=1S/C14H13N3OS/c1-18-11-4-2-3-10(7-11)9-17-13-5-6-15-8-12(13)16-14(17)19/h2-8H,9H2,1H3,(H,16,19). The number of hydrogen-bond donors (Lipinski definition) is 1. The van der Waals surface area contributed by atoms with Gasteiger partial charge in [0.15, 0.2) is 4.77 Å². The minimum atomic E-state index is 0.700. The SMILES string of the molecule is COc1cccc(Cn2c(=S)[nH]c3cnccc32)c1. The molecular formula is C14H13N3OS. The lowest BCUT2D eigenvalue weighted by Crippen LogP contribution is -1.99. The van der Waals surface area contributed by atoms with E-state index in [1.54, 1.807) is 19.5 Å². The molecule has 4 nitrogen and oxygen atoms in total. The summed E-state index contributed by atoms with van der Waals surface area (Å²) in [6, 6.07) is 9.95. The Balaban J connectivity index is 2.05. The molecule has 2 aromatic heterocycles. The Morgan fingerprint density at radius 1 is 1.37 bits per heavy atom. The molecule has 0 atom stereocenters. The van der Waals surface area contributed by atoms with E-state index in [1.165, 1.54) is 0 Å². The highest BCUT2D eigenvalue weighted by molar-refractivity contribution is 7.71. The van der Waals surface area contributed by atoms with E-state index >= 15 is 0 Å². The minimum absolute atomic E-state index is 0.700. The summed E-state index contributed by atoms with van der Waals surface area (Å²) in [6.07, 6.45) is 3.56. The molecule has 0 bridgehead atoms. The van der Waals surface area contributed by atoms with Crippen molar-refractivity contribution in [2.45, 2.75) is 6.54 Å². The lowest BCUT2D eigenvalue weighted by molar-refractivity contribution is 0.414. The second-order valence-corrected chi connectivity index (χ2v) is 4.65. The molecule has 19 heavy (non-hydrogen) atoms. The van der Waals surface area contributed by atoms with Crippen LogP contribution in [0.2, 0.25) is 0 Å². The number of nitrogens with one attached hydrogen (secondary N) is 1. The Bertz CT molecular complexity index is 775. The van der Waals surface area contributed by atoms with Gasteiger partial charge in [0.25, 0.3) is 0 Å².